The summed E-state index contributed by atoms with van der Waals surface area (Å²) in [4.78, 5) is 0. The molecule has 1 aromatic heterocycles. The van der Waals surface area contributed by atoms with Gasteiger partial charge in [0.05, 0.1) is 28.5 Å². The van der Waals surface area contributed by atoms with Crippen molar-refractivity contribution in [2.24, 2.45) is 0 Å². The van der Waals surface area contributed by atoms with E-state index < -0.39 is 0 Å². The molecule has 0 aliphatic rings. The van der Waals surface area contributed by atoms with Crippen LogP contribution in [-0.2, 0) is 0 Å². The van der Waals surface area contributed by atoms with Gasteiger partial charge in [0.2, 0.25) is 0 Å². The number of nitriles is 1. The van der Waals surface area contributed by atoms with Crippen molar-refractivity contribution < 1.29 is 0 Å². The first-order valence-corrected chi connectivity index (χ1v) is 4.95. The minimum absolute atomic E-state index is 0.205. The number of rotatable bonds is 2. The van der Waals surface area contributed by atoms with Crippen molar-refractivity contribution >= 4 is 40.0 Å². The molecule has 6 heteroatoms. The normalized spacial score (nSPS) is 10.0. The molecule has 0 unspecified atom stereocenters. The maximum Gasteiger partial charge on any atom is 0.129 e. The quantitative estimate of drug-likeness (QED) is 0.795. The fourth-order valence-corrected chi connectivity index (χ4v) is 1.88. The van der Waals surface area contributed by atoms with Gasteiger partial charge in [-0.25, -0.2) is 0 Å². The predicted molar refractivity (Wildman–Crippen MR) is 56.5 cm³/mol. The number of nitrogens with zero attached hydrogens (tertiary/aromatic N) is 3. The number of aromatic nitrogens is 2. The van der Waals surface area contributed by atoms with Crippen LogP contribution in [0.3, 0.4) is 0 Å². The molecule has 70 valence electrons. The molecule has 0 bridgehead atoms. The van der Waals surface area contributed by atoms with Crippen molar-refractivity contribution in [3.05, 3.63) is 17.2 Å². The molecule has 0 spiro atoms. The summed E-state index contributed by atoms with van der Waals surface area (Å²) in [6.07, 6.45) is 0. The van der Waals surface area contributed by atoms with E-state index in [1.54, 1.807) is 12.1 Å². The van der Waals surface area contributed by atoms with E-state index in [1.165, 1.54) is 0 Å². The summed E-state index contributed by atoms with van der Waals surface area (Å²) in [6.45, 7) is 0.205. The number of fused-ring (bicyclic) bond motifs is 1. The van der Waals surface area contributed by atoms with Gasteiger partial charge in [-0.05, 0) is 12.1 Å². The molecule has 1 N–H and O–H groups in total. The summed E-state index contributed by atoms with van der Waals surface area (Å²) in [5, 5.41) is 11.9. The van der Waals surface area contributed by atoms with Crippen LogP contribution in [0.1, 0.15) is 0 Å². The monoisotopic (exact) mass is 224 g/mol. The van der Waals surface area contributed by atoms with Crippen molar-refractivity contribution in [3.8, 4) is 6.07 Å². The van der Waals surface area contributed by atoms with Crippen molar-refractivity contribution in [2.45, 2.75) is 0 Å². The molecule has 0 radical (unpaired) electrons. The molecule has 2 aromatic rings. The Morgan fingerprint density at radius 3 is 3.14 bits per heavy atom. The Labute approximate surface area is 89.5 Å². The minimum Gasteiger partial charge on any atom is -0.369 e. The number of hydrogen-bond donors (Lipinski definition) is 1. The van der Waals surface area contributed by atoms with Gasteiger partial charge in [-0.3, -0.25) is 0 Å². The highest BCUT2D eigenvalue weighted by atomic mass is 35.5. The molecule has 0 amide bonds. The molecule has 0 saturated heterocycles. The maximum atomic E-state index is 8.45. The standard InChI is InChI=1S/C8H5ClN4S/c9-5-1-2-6-8(13-14-12-6)7(5)11-4-3-10/h1-2,11H,4H2. The molecule has 4 nitrogen and oxygen atoms in total. The number of anilines is 1. The first kappa shape index (κ1) is 9.19. The Bertz CT molecular complexity index is 502. The Balaban J connectivity index is 2.54. The van der Waals surface area contributed by atoms with Crippen LogP contribution >= 0.6 is 23.3 Å². The lowest BCUT2D eigenvalue weighted by molar-refractivity contribution is 1.32. The van der Waals surface area contributed by atoms with Crippen LogP contribution in [0.15, 0.2) is 12.1 Å². The first-order chi connectivity index (χ1) is 6.83. The largest absolute Gasteiger partial charge is 0.369 e. The summed E-state index contributed by atoms with van der Waals surface area (Å²) in [5.74, 6) is 0. The highest BCUT2D eigenvalue weighted by Crippen LogP contribution is 2.29. The van der Waals surface area contributed by atoms with E-state index in [9.17, 15) is 0 Å². The first-order valence-electron chi connectivity index (χ1n) is 3.84. The molecule has 1 aromatic carbocycles. The van der Waals surface area contributed by atoms with Crippen LogP contribution in [0.2, 0.25) is 5.02 Å². The molecule has 0 aliphatic heterocycles. The lowest BCUT2D eigenvalue weighted by Crippen LogP contribution is -1.99. The minimum atomic E-state index is 0.205. The fraction of sp³-hybridized carbons (Fsp3) is 0.125. The van der Waals surface area contributed by atoms with Gasteiger partial charge in [0.15, 0.2) is 0 Å². The fourth-order valence-electron chi connectivity index (χ4n) is 1.12. The molecule has 2 rings (SSSR count). The zero-order valence-electron chi connectivity index (χ0n) is 6.99. The third-order valence-corrected chi connectivity index (χ3v) is 2.58. The number of nitrogens with one attached hydrogen (secondary N) is 1. The molecule has 0 fully saturated rings. The lowest BCUT2D eigenvalue weighted by Gasteiger charge is -2.03. The molecule has 0 aliphatic carbocycles. The van der Waals surface area contributed by atoms with Crippen LogP contribution in [0.25, 0.3) is 11.0 Å². The topological polar surface area (TPSA) is 61.6 Å². The van der Waals surface area contributed by atoms with Gasteiger partial charge in [-0.1, -0.05) is 11.6 Å². The van der Waals surface area contributed by atoms with Gasteiger partial charge in [0.1, 0.15) is 17.6 Å². The maximum absolute atomic E-state index is 8.45. The Kier molecular flexibility index (Phi) is 2.48. The second kappa shape index (κ2) is 3.78. The average Bonchev–Trinajstić information content (AvgIpc) is 2.64. The highest BCUT2D eigenvalue weighted by Gasteiger charge is 2.08. The Hall–Kier alpha value is -1.38. The van der Waals surface area contributed by atoms with Gasteiger partial charge in [-0.2, -0.15) is 14.0 Å². The van der Waals surface area contributed by atoms with E-state index in [4.69, 9.17) is 16.9 Å². The highest BCUT2D eigenvalue weighted by molar-refractivity contribution is 7.00. The van der Waals surface area contributed by atoms with Gasteiger partial charge < -0.3 is 5.32 Å². The number of halogens is 1. The summed E-state index contributed by atoms with van der Waals surface area (Å²) in [5.41, 5.74) is 2.19. The van der Waals surface area contributed by atoms with Gasteiger partial charge >= 0.3 is 0 Å². The van der Waals surface area contributed by atoms with Crippen LogP contribution in [-0.4, -0.2) is 15.3 Å². The van der Waals surface area contributed by atoms with E-state index in [-0.39, 0.29) is 6.54 Å². The van der Waals surface area contributed by atoms with E-state index in [0.717, 1.165) is 22.8 Å². The zero-order chi connectivity index (χ0) is 9.97. The van der Waals surface area contributed by atoms with Gasteiger partial charge in [0, 0.05) is 0 Å². The molecule has 1 heterocycles. The second-order valence-corrected chi connectivity index (χ2v) is 3.50. The van der Waals surface area contributed by atoms with Crippen LogP contribution < -0.4 is 5.32 Å². The van der Waals surface area contributed by atoms with E-state index >= 15 is 0 Å². The van der Waals surface area contributed by atoms with Crippen molar-refractivity contribution in [3.63, 3.8) is 0 Å². The summed E-state index contributed by atoms with van der Waals surface area (Å²) >= 11 is 7.09. The van der Waals surface area contributed by atoms with Crippen LogP contribution in [0.4, 0.5) is 5.69 Å². The SMILES string of the molecule is N#CCNc1c(Cl)ccc2nsnc12. The van der Waals surface area contributed by atoms with E-state index in [0.29, 0.717) is 10.7 Å². The second-order valence-electron chi connectivity index (χ2n) is 2.57. The number of benzene rings is 1. The summed E-state index contributed by atoms with van der Waals surface area (Å²) < 4.78 is 8.18. The summed E-state index contributed by atoms with van der Waals surface area (Å²) in [6, 6.07) is 5.53. The van der Waals surface area contributed by atoms with Crippen LogP contribution in [0.5, 0.6) is 0 Å². The van der Waals surface area contributed by atoms with Gasteiger partial charge in [0.25, 0.3) is 0 Å². The molecule has 0 saturated carbocycles. The van der Waals surface area contributed by atoms with Crippen molar-refractivity contribution in [1.82, 2.24) is 8.75 Å². The number of hydrogen-bond acceptors (Lipinski definition) is 5. The summed E-state index contributed by atoms with van der Waals surface area (Å²) in [7, 11) is 0. The van der Waals surface area contributed by atoms with Gasteiger partial charge in [-0.15, -0.1) is 0 Å². The van der Waals surface area contributed by atoms with Crippen molar-refractivity contribution in [2.75, 3.05) is 11.9 Å². The van der Waals surface area contributed by atoms with E-state index in [2.05, 4.69) is 14.1 Å². The predicted octanol–water partition coefficient (Wildman–Crippen LogP) is 2.28. The Morgan fingerprint density at radius 2 is 2.36 bits per heavy atom. The third kappa shape index (κ3) is 1.50. The third-order valence-electron chi connectivity index (χ3n) is 1.72. The molecule has 14 heavy (non-hydrogen) atoms. The Morgan fingerprint density at radius 1 is 1.50 bits per heavy atom. The average molecular weight is 225 g/mol. The van der Waals surface area contributed by atoms with Crippen molar-refractivity contribution in [1.29, 1.82) is 5.26 Å². The zero-order valence-corrected chi connectivity index (χ0v) is 8.56. The molecular formula is C8H5ClN4S. The lowest BCUT2D eigenvalue weighted by atomic mass is 10.2. The van der Waals surface area contributed by atoms with Crippen LogP contribution in [0, 0.1) is 11.3 Å². The molecular weight excluding hydrogens is 220 g/mol. The smallest absolute Gasteiger partial charge is 0.129 e. The molecule has 0 atom stereocenters. The van der Waals surface area contributed by atoms with E-state index in [1.807, 2.05) is 6.07 Å².